The molecule has 2 fully saturated rings. The minimum absolute atomic E-state index is 0.0663. The van der Waals surface area contributed by atoms with Gasteiger partial charge in [0.25, 0.3) is 5.91 Å². The Hall–Kier alpha value is -3.15. The molecule has 9 nitrogen and oxygen atoms in total. The van der Waals surface area contributed by atoms with E-state index in [1.807, 2.05) is 12.1 Å². The Kier molecular flexibility index (Phi) is 8.59. The van der Waals surface area contributed by atoms with E-state index in [1.165, 1.54) is 12.8 Å². The van der Waals surface area contributed by atoms with Crippen molar-refractivity contribution in [3.05, 3.63) is 29.3 Å². The average Bonchev–Trinajstić information content (AvgIpc) is 3.14. The molecule has 3 aliphatic heterocycles. The monoisotopic (exact) mass is 513 g/mol. The Morgan fingerprint density at radius 3 is 2.53 bits per heavy atom. The number of carbonyl (C=O) groups excluding carboxylic acids is 3. The number of ether oxygens (including phenoxy) is 1. The second-order valence-corrected chi connectivity index (χ2v) is 9.04. The number of hydrogen-bond donors (Lipinski definition) is 2. The molecule has 0 aromatic heterocycles. The average molecular weight is 514 g/mol. The summed E-state index contributed by atoms with van der Waals surface area (Å²) in [6.07, 6.45) is -0.766. The Bertz CT molecular complexity index is 1020. The molecule has 2 N–H and O–H groups in total. The van der Waals surface area contributed by atoms with Crippen molar-refractivity contribution in [1.82, 2.24) is 15.1 Å². The van der Waals surface area contributed by atoms with Crippen LogP contribution in [0.5, 0.6) is 5.75 Å². The maximum Gasteiger partial charge on any atom is 0.490 e. The van der Waals surface area contributed by atoms with E-state index in [9.17, 15) is 27.6 Å². The summed E-state index contributed by atoms with van der Waals surface area (Å²) in [5, 5.41) is 9.46. The summed E-state index contributed by atoms with van der Waals surface area (Å²) in [5.41, 5.74) is 1.49. The minimum atomic E-state index is -5.08. The SMILES string of the molecule is CCN1CCCC[C@@H]1[C@@H](C)Oc1ccc2c(c1)CN(C1CCC(=O)NC1=O)C2=O.O=C(O)C(F)(F)F. The third-order valence-corrected chi connectivity index (χ3v) is 6.67. The lowest BCUT2D eigenvalue weighted by Gasteiger charge is -2.38. The molecular weight excluding hydrogens is 483 g/mol. The third-order valence-electron chi connectivity index (χ3n) is 6.67. The van der Waals surface area contributed by atoms with Crippen molar-refractivity contribution in [1.29, 1.82) is 0 Å². The number of nitrogens with zero attached hydrogens (tertiary/aromatic N) is 2. The number of carbonyl (C=O) groups is 4. The van der Waals surface area contributed by atoms with Gasteiger partial charge >= 0.3 is 12.1 Å². The number of amides is 3. The van der Waals surface area contributed by atoms with E-state index in [0.717, 1.165) is 30.8 Å². The molecule has 0 radical (unpaired) electrons. The molecule has 1 aromatic carbocycles. The number of rotatable bonds is 5. The summed E-state index contributed by atoms with van der Waals surface area (Å²) >= 11 is 0. The molecule has 1 aromatic rings. The fourth-order valence-corrected chi connectivity index (χ4v) is 4.86. The number of aliphatic carboxylic acids is 1. The number of hydrogen-bond acceptors (Lipinski definition) is 6. The molecule has 0 spiro atoms. The van der Waals surface area contributed by atoms with E-state index < -0.39 is 18.2 Å². The summed E-state index contributed by atoms with van der Waals surface area (Å²) in [4.78, 5) is 49.3. The minimum Gasteiger partial charge on any atom is -0.489 e. The first-order valence-corrected chi connectivity index (χ1v) is 11.9. The van der Waals surface area contributed by atoms with Gasteiger partial charge in [-0.15, -0.1) is 0 Å². The van der Waals surface area contributed by atoms with Crippen LogP contribution in [0.1, 0.15) is 61.9 Å². The highest BCUT2D eigenvalue weighted by Gasteiger charge is 2.39. The number of halogens is 3. The summed E-state index contributed by atoms with van der Waals surface area (Å²) < 4.78 is 38.0. The van der Waals surface area contributed by atoms with Gasteiger partial charge in [-0.2, -0.15) is 13.2 Å². The molecule has 4 rings (SSSR count). The highest BCUT2D eigenvalue weighted by molar-refractivity contribution is 6.05. The van der Waals surface area contributed by atoms with E-state index in [2.05, 4.69) is 24.1 Å². The molecular formula is C24H30F3N3O6. The largest absolute Gasteiger partial charge is 0.490 e. The zero-order chi connectivity index (χ0) is 26.6. The molecule has 12 heteroatoms. The second kappa shape index (κ2) is 11.3. The quantitative estimate of drug-likeness (QED) is 0.582. The van der Waals surface area contributed by atoms with Crippen LogP contribution in [0.15, 0.2) is 18.2 Å². The number of alkyl halides is 3. The number of piperidine rings is 2. The van der Waals surface area contributed by atoms with E-state index in [-0.39, 0.29) is 30.2 Å². The van der Waals surface area contributed by atoms with Crippen molar-refractivity contribution in [2.45, 2.75) is 76.9 Å². The number of likely N-dealkylation sites (N-methyl/N-ethyl adjacent to an activating group) is 1. The molecule has 3 aliphatic rings. The lowest BCUT2D eigenvalue weighted by Crippen LogP contribution is -2.52. The van der Waals surface area contributed by atoms with Gasteiger partial charge in [0.15, 0.2) is 0 Å². The molecule has 36 heavy (non-hydrogen) atoms. The Morgan fingerprint density at radius 1 is 1.22 bits per heavy atom. The Balaban J connectivity index is 0.000000454. The molecule has 3 heterocycles. The molecule has 3 atom stereocenters. The molecule has 1 unspecified atom stereocenters. The zero-order valence-electron chi connectivity index (χ0n) is 20.1. The van der Waals surface area contributed by atoms with Crippen LogP contribution in [0.2, 0.25) is 0 Å². The highest BCUT2D eigenvalue weighted by atomic mass is 19.4. The van der Waals surface area contributed by atoms with Crippen LogP contribution in [0.4, 0.5) is 13.2 Å². The van der Waals surface area contributed by atoms with Gasteiger partial charge < -0.3 is 14.7 Å². The highest BCUT2D eigenvalue weighted by Crippen LogP contribution is 2.31. The van der Waals surface area contributed by atoms with E-state index in [4.69, 9.17) is 14.6 Å². The summed E-state index contributed by atoms with van der Waals surface area (Å²) in [7, 11) is 0. The van der Waals surface area contributed by atoms with E-state index in [1.54, 1.807) is 11.0 Å². The number of benzene rings is 1. The number of carboxylic acid groups (broad SMARTS) is 1. The van der Waals surface area contributed by atoms with Crippen molar-refractivity contribution in [2.75, 3.05) is 13.1 Å². The molecule has 0 saturated carbocycles. The van der Waals surface area contributed by atoms with E-state index in [0.29, 0.717) is 24.6 Å². The topological polar surface area (TPSA) is 116 Å². The number of carboxylic acids is 1. The van der Waals surface area contributed by atoms with Crippen LogP contribution in [0, 0.1) is 0 Å². The fourth-order valence-electron chi connectivity index (χ4n) is 4.86. The van der Waals surface area contributed by atoms with Crippen LogP contribution >= 0.6 is 0 Å². The Morgan fingerprint density at radius 2 is 1.92 bits per heavy atom. The first kappa shape index (κ1) is 27.4. The smallest absolute Gasteiger partial charge is 0.489 e. The van der Waals surface area contributed by atoms with Gasteiger partial charge in [-0.05, 0) is 63.0 Å². The molecule has 2 saturated heterocycles. The molecule has 198 valence electrons. The maximum absolute atomic E-state index is 12.8. The van der Waals surface area contributed by atoms with Gasteiger partial charge in [0.1, 0.15) is 17.9 Å². The van der Waals surface area contributed by atoms with E-state index >= 15 is 0 Å². The van der Waals surface area contributed by atoms with Gasteiger partial charge in [-0.25, -0.2) is 4.79 Å². The van der Waals surface area contributed by atoms with Crippen LogP contribution < -0.4 is 10.1 Å². The molecule has 0 bridgehead atoms. The Labute approximate surface area is 206 Å². The maximum atomic E-state index is 12.8. The predicted octanol–water partition coefficient (Wildman–Crippen LogP) is 2.72. The van der Waals surface area contributed by atoms with Crippen LogP contribution in [0.25, 0.3) is 0 Å². The number of likely N-dealkylation sites (tertiary alicyclic amines) is 1. The zero-order valence-corrected chi connectivity index (χ0v) is 20.1. The van der Waals surface area contributed by atoms with Gasteiger partial charge in [-0.3, -0.25) is 24.6 Å². The summed E-state index contributed by atoms with van der Waals surface area (Å²) in [6, 6.07) is 5.39. The first-order valence-electron chi connectivity index (χ1n) is 11.9. The van der Waals surface area contributed by atoms with Crippen molar-refractivity contribution >= 4 is 23.7 Å². The van der Waals surface area contributed by atoms with Crippen LogP contribution in [0.3, 0.4) is 0 Å². The van der Waals surface area contributed by atoms with Crippen molar-refractivity contribution in [3.63, 3.8) is 0 Å². The van der Waals surface area contributed by atoms with Crippen molar-refractivity contribution < 1.29 is 42.2 Å². The first-order chi connectivity index (χ1) is 16.9. The summed E-state index contributed by atoms with van der Waals surface area (Å²) in [6.45, 7) is 6.82. The number of imide groups is 1. The third kappa shape index (κ3) is 6.34. The van der Waals surface area contributed by atoms with Gasteiger partial charge in [0.05, 0.1) is 0 Å². The van der Waals surface area contributed by atoms with Crippen LogP contribution in [-0.2, 0) is 20.9 Å². The second-order valence-electron chi connectivity index (χ2n) is 9.04. The van der Waals surface area contributed by atoms with Crippen molar-refractivity contribution in [2.24, 2.45) is 0 Å². The summed E-state index contributed by atoms with van der Waals surface area (Å²) in [5.74, 6) is -2.81. The normalized spacial score (nSPS) is 23.4. The molecule has 0 aliphatic carbocycles. The van der Waals surface area contributed by atoms with Gasteiger partial charge in [-0.1, -0.05) is 13.3 Å². The lowest BCUT2D eigenvalue weighted by atomic mass is 9.98. The predicted molar refractivity (Wildman–Crippen MR) is 121 cm³/mol. The van der Waals surface area contributed by atoms with Crippen molar-refractivity contribution in [3.8, 4) is 5.75 Å². The fraction of sp³-hybridized carbons (Fsp3) is 0.583. The standard InChI is InChI=1S/C22H29N3O4.C2HF3O2/c1-3-24-11-5-4-6-18(24)14(2)29-16-7-8-17-15(12-16)13-25(22(17)28)19-9-10-20(26)23-21(19)27;3-2(4,5)1(6)7/h7-8,12,14,18-19H,3-6,9-11,13H2,1-2H3,(H,23,26,27);(H,6,7)/t14-,18-,19?;/m1./s1. The number of fused-ring (bicyclic) bond motifs is 1. The van der Waals surface area contributed by atoms with Gasteiger partial charge in [0.2, 0.25) is 11.8 Å². The van der Waals surface area contributed by atoms with Gasteiger partial charge in [0, 0.05) is 24.6 Å². The van der Waals surface area contributed by atoms with Crippen LogP contribution in [-0.4, -0.2) is 76.1 Å². The molecule has 3 amide bonds. The number of nitrogens with one attached hydrogen (secondary N) is 1. The lowest BCUT2D eigenvalue weighted by molar-refractivity contribution is -0.192.